The monoisotopic (exact) mass is 536 g/mol. The summed E-state index contributed by atoms with van der Waals surface area (Å²) in [6, 6.07) is 5.44. The van der Waals surface area contributed by atoms with E-state index in [-0.39, 0.29) is 30.1 Å². The van der Waals surface area contributed by atoms with E-state index in [2.05, 4.69) is 31.4 Å². The Morgan fingerprint density at radius 1 is 0.897 bits per heavy atom. The van der Waals surface area contributed by atoms with Crippen LogP contribution in [0.5, 0.6) is 0 Å². The molecule has 0 spiro atoms. The molecule has 5 heterocycles. The summed E-state index contributed by atoms with van der Waals surface area (Å²) in [4.78, 5) is 58.4. The first-order valence-electron chi connectivity index (χ1n) is 14.7. The Balaban J connectivity index is 0.976. The molecule has 6 rings (SSSR count). The molecular formula is C29H40N6O4. The van der Waals surface area contributed by atoms with Crippen molar-refractivity contribution >= 4 is 29.3 Å². The highest BCUT2D eigenvalue weighted by Gasteiger charge is 2.39. The summed E-state index contributed by atoms with van der Waals surface area (Å²) >= 11 is 0. The van der Waals surface area contributed by atoms with Crippen LogP contribution in [0.3, 0.4) is 0 Å². The SMILES string of the molecule is O=C1CCC(N2Cc3cc(N4CCN(CC5CCN(C(=O)C6CCNCC6)CC5)CC4)ccc3C2=O)C(=O)N1. The van der Waals surface area contributed by atoms with Gasteiger partial charge in [0.2, 0.25) is 17.7 Å². The molecule has 4 saturated heterocycles. The molecule has 1 aromatic rings. The van der Waals surface area contributed by atoms with E-state index in [1.165, 1.54) is 0 Å². The molecule has 1 atom stereocenters. The largest absolute Gasteiger partial charge is 0.369 e. The smallest absolute Gasteiger partial charge is 0.255 e. The van der Waals surface area contributed by atoms with Crippen molar-refractivity contribution in [2.24, 2.45) is 11.8 Å². The molecule has 5 aliphatic heterocycles. The maximum absolute atomic E-state index is 13.0. The van der Waals surface area contributed by atoms with E-state index < -0.39 is 6.04 Å². The molecule has 0 bridgehead atoms. The minimum absolute atomic E-state index is 0.126. The Morgan fingerprint density at radius 3 is 2.36 bits per heavy atom. The van der Waals surface area contributed by atoms with Crippen LogP contribution in [-0.4, -0.2) is 103 Å². The van der Waals surface area contributed by atoms with Crippen LogP contribution in [0.4, 0.5) is 5.69 Å². The zero-order valence-electron chi connectivity index (χ0n) is 22.7. The van der Waals surface area contributed by atoms with Crippen LogP contribution in [0.25, 0.3) is 0 Å². The van der Waals surface area contributed by atoms with Crippen molar-refractivity contribution in [2.45, 2.75) is 51.1 Å². The number of carbonyl (C=O) groups excluding carboxylic acids is 4. The van der Waals surface area contributed by atoms with Crippen molar-refractivity contribution in [2.75, 3.05) is 63.8 Å². The number of piperazine rings is 1. The predicted octanol–water partition coefficient (Wildman–Crippen LogP) is 0.808. The van der Waals surface area contributed by atoms with Crippen LogP contribution >= 0.6 is 0 Å². The van der Waals surface area contributed by atoms with Crippen molar-refractivity contribution in [3.63, 3.8) is 0 Å². The zero-order chi connectivity index (χ0) is 26.9. The number of hydrogen-bond donors (Lipinski definition) is 2. The minimum Gasteiger partial charge on any atom is -0.369 e. The number of carbonyl (C=O) groups is 4. The van der Waals surface area contributed by atoms with Crippen molar-refractivity contribution in [3.8, 4) is 0 Å². The van der Waals surface area contributed by atoms with E-state index in [0.717, 1.165) is 95.8 Å². The second-order valence-electron chi connectivity index (χ2n) is 11.8. The summed E-state index contributed by atoms with van der Waals surface area (Å²) in [6.07, 6.45) is 4.79. The molecule has 4 fully saturated rings. The molecule has 1 aromatic carbocycles. The molecule has 4 amide bonds. The number of nitrogens with zero attached hydrogens (tertiary/aromatic N) is 4. The molecule has 1 unspecified atom stereocenters. The Hall–Kier alpha value is -2.98. The lowest BCUT2D eigenvalue weighted by atomic mass is 9.92. The third kappa shape index (κ3) is 5.54. The van der Waals surface area contributed by atoms with Gasteiger partial charge in [-0.15, -0.1) is 0 Å². The molecule has 39 heavy (non-hydrogen) atoms. The molecule has 2 N–H and O–H groups in total. The molecule has 0 saturated carbocycles. The average molecular weight is 537 g/mol. The third-order valence-electron chi connectivity index (χ3n) is 9.38. The molecule has 0 aromatic heterocycles. The quantitative estimate of drug-likeness (QED) is 0.537. The van der Waals surface area contributed by atoms with Gasteiger partial charge in [0, 0.05) is 75.9 Å². The fourth-order valence-electron chi connectivity index (χ4n) is 6.97. The van der Waals surface area contributed by atoms with Gasteiger partial charge in [0.25, 0.3) is 5.91 Å². The molecular weight excluding hydrogens is 496 g/mol. The van der Waals surface area contributed by atoms with E-state index in [4.69, 9.17) is 0 Å². The number of imide groups is 1. The molecule has 0 aliphatic carbocycles. The second-order valence-corrected chi connectivity index (χ2v) is 11.8. The number of benzene rings is 1. The number of amides is 4. The highest BCUT2D eigenvalue weighted by atomic mass is 16.2. The second kappa shape index (κ2) is 11.3. The molecule has 0 radical (unpaired) electrons. The van der Waals surface area contributed by atoms with Crippen LogP contribution in [0.2, 0.25) is 0 Å². The Kier molecular flexibility index (Phi) is 7.57. The van der Waals surface area contributed by atoms with E-state index in [1.807, 2.05) is 12.1 Å². The normalized spacial score (nSPS) is 25.7. The Bertz CT molecular complexity index is 1120. The van der Waals surface area contributed by atoms with Crippen molar-refractivity contribution < 1.29 is 19.2 Å². The number of hydrogen-bond acceptors (Lipinski definition) is 7. The Labute approximate surface area is 230 Å². The topological polar surface area (TPSA) is 105 Å². The first-order valence-corrected chi connectivity index (χ1v) is 14.7. The minimum atomic E-state index is -0.579. The summed E-state index contributed by atoms with van der Waals surface area (Å²) in [5, 5.41) is 5.72. The van der Waals surface area contributed by atoms with Gasteiger partial charge in [-0.25, -0.2) is 0 Å². The van der Waals surface area contributed by atoms with E-state index in [9.17, 15) is 19.2 Å². The van der Waals surface area contributed by atoms with Gasteiger partial charge in [0.1, 0.15) is 6.04 Å². The maximum Gasteiger partial charge on any atom is 0.255 e. The summed E-state index contributed by atoms with van der Waals surface area (Å²) in [6.45, 7) is 9.13. The number of anilines is 1. The van der Waals surface area contributed by atoms with Gasteiger partial charge in [-0.05, 0) is 74.9 Å². The number of piperidine rings is 3. The predicted molar refractivity (Wildman–Crippen MR) is 146 cm³/mol. The summed E-state index contributed by atoms with van der Waals surface area (Å²) < 4.78 is 0. The van der Waals surface area contributed by atoms with Crippen molar-refractivity contribution in [1.29, 1.82) is 0 Å². The van der Waals surface area contributed by atoms with Crippen molar-refractivity contribution in [3.05, 3.63) is 29.3 Å². The number of likely N-dealkylation sites (tertiary alicyclic amines) is 1. The van der Waals surface area contributed by atoms with Gasteiger partial charge in [0.05, 0.1) is 0 Å². The maximum atomic E-state index is 13.0. The van der Waals surface area contributed by atoms with Gasteiger partial charge in [-0.2, -0.15) is 0 Å². The van der Waals surface area contributed by atoms with Gasteiger partial charge in [0.15, 0.2) is 0 Å². The van der Waals surface area contributed by atoms with Gasteiger partial charge < -0.3 is 20.0 Å². The first-order chi connectivity index (χ1) is 19.0. The first kappa shape index (κ1) is 26.3. The lowest BCUT2D eigenvalue weighted by Crippen LogP contribution is -2.52. The van der Waals surface area contributed by atoms with Crippen LogP contribution in [0.1, 0.15) is 54.4 Å². The van der Waals surface area contributed by atoms with E-state index in [0.29, 0.717) is 30.4 Å². The third-order valence-corrected chi connectivity index (χ3v) is 9.38. The number of fused-ring (bicyclic) bond motifs is 1. The van der Waals surface area contributed by atoms with Gasteiger partial charge in [-0.1, -0.05) is 0 Å². The highest BCUT2D eigenvalue weighted by molar-refractivity contribution is 6.05. The van der Waals surface area contributed by atoms with Crippen LogP contribution in [0, 0.1) is 11.8 Å². The zero-order valence-corrected chi connectivity index (χ0v) is 22.7. The lowest BCUT2D eigenvalue weighted by Gasteiger charge is -2.40. The Morgan fingerprint density at radius 2 is 1.64 bits per heavy atom. The van der Waals surface area contributed by atoms with Crippen LogP contribution < -0.4 is 15.5 Å². The summed E-state index contributed by atoms with van der Waals surface area (Å²) in [5.74, 6) is 0.476. The highest BCUT2D eigenvalue weighted by Crippen LogP contribution is 2.31. The lowest BCUT2D eigenvalue weighted by molar-refractivity contribution is -0.138. The molecule has 210 valence electrons. The fraction of sp³-hybridized carbons (Fsp3) is 0.655. The molecule has 10 nitrogen and oxygen atoms in total. The van der Waals surface area contributed by atoms with E-state index >= 15 is 0 Å². The van der Waals surface area contributed by atoms with Crippen molar-refractivity contribution in [1.82, 2.24) is 25.3 Å². The number of nitrogens with one attached hydrogen (secondary N) is 2. The number of rotatable bonds is 5. The molecule has 10 heteroatoms. The van der Waals surface area contributed by atoms with Gasteiger partial charge >= 0.3 is 0 Å². The van der Waals surface area contributed by atoms with Gasteiger partial charge in [-0.3, -0.25) is 29.4 Å². The van der Waals surface area contributed by atoms with Crippen LogP contribution in [-0.2, 0) is 20.9 Å². The standard InChI is InChI=1S/C29H40N6O4/c36-26-4-3-25(27(37)31-26)35-19-22-17-23(1-2-24(22)29(35)39)33-15-13-32(14-16-33)18-20-7-11-34(12-8-20)28(38)21-5-9-30-10-6-21/h1-2,17,20-21,25,30H,3-16,18-19H2,(H,31,36,37). The van der Waals surface area contributed by atoms with E-state index in [1.54, 1.807) is 4.90 Å². The fourth-order valence-corrected chi connectivity index (χ4v) is 6.97. The summed E-state index contributed by atoms with van der Waals surface area (Å²) in [5.41, 5.74) is 2.73. The molecule has 5 aliphatic rings. The average Bonchev–Trinajstić information content (AvgIpc) is 3.29. The van der Waals surface area contributed by atoms with Crippen LogP contribution in [0.15, 0.2) is 18.2 Å². The summed E-state index contributed by atoms with van der Waals surface area (Å²) in [7, 11) is 0.